The zero-order chi connectivity index (χ0) is 18.8. The van der Waals surface area contributed by atoms with Crippen LogP contribution in [-0.4, -0.2) is 15.7 Å². The van der Waals surface area contributed by atoms with Crippen molar-refractivity contribution in [2.75, 3.05) is 5.32 Å². The van der Waals surface area contributed by atoms with Crippen molar-refractivity contribution in [3.8, 4) is 0 Å². The summed E-state index contributed by atoms with van der Waals surface area (Å²) >= 11 is 12.6. The Bertz CT molecular complexity index is 962. The molecule has 1 N–H and O–H groups in total. The summed E-state index contributed by atoms with van der Waals surface area (Å²) in [5, 5.41) is 8.02. The van der Waals surface area contributed by atoms with Crippen LogP contribution in [0, 0.1) is 20.8 Å². The quantitative estimate of drug-likeness (QED) is 0.649. The summed E-state index contributed by atoms with van der Waals surface area (Å²) in [6.07, 6.45) is 0. The number of carbonyl (C=O) groups is 1. The number of rotatable bonds is 4. The van der Waals surface area contributed by atoms with Crippen molar-refractivity contribution < 1.29 is 4.79 Å². The first kappa shape index (κ1) is 18.5. The second kappa shape index (κ2) is 7.52. The standard InChI is InChI=1S/C20H19Cl2N3O/c1-12-4-7-15(8-5-12)11-25-19(22)18(14(3)24-25)20(26)23-17-9-6-13(2)10-16(17)21/h4-10H,11H2,1-3H3,(H,23,26). The molecule has 0 radical (unpaired) electrons. The van der Waals surface area contributed by atoms with Gasteiger partial charge in [0.15, 0.2) is 0 Å². The molecule has 4 nitrogen and oxygen atoms in total. The molecule has 134 valence electrons. The van der Waals surface area contributed by atoms with E-state index < -0.39 is 0 Å². The van der Waals surface area contributed by atoms with E-state index in [1.807, 2.05) is 44.2 Å². The van der Waals surface area contributed by atoms with Crippen LogP contribution in [0.5, 0.6) is 0 Å². The van der Waals surface area contributed by atoms with Crippen LogP contribution in [-0.2, 0) is 6.54 Å². The molecule has 0 bridgehead atoms. The molecule has 3 aromatic rings. The number of nitrogens with one attached hydrogen (secondary N) is 1. The van der Waals surface area contributed by atoms with Gasteiger partial charge in [0.2, 0.25) is 0 Å². The Kier molecular flexibility index (Phi) is 5.35. The fourth-order valence-electron chi connectivity index (χ4n) is 2.69. The minimum Gasteiger partial charge on any atom is -0.320 e. The van der Waals surface area contributed by atoms with Crippen molar-refractivity contribution >= 4 is 34.8 Å². The van der Waals surface area contributed by atoms with Crippen molar-refractivity contribution in [1.82, 2.24) is 9.78 Å². The van der Waals surface area contributed by atoms with Crippen molar-refractivity contribution in [2.24, 2.45) is 0 Å². The number of aromatic nitrogens is 2. The number of benzene rings is 2. The highest BCUT2D eigenvalue weighted by Gasteiger charge is 2.21. The van der Waals surface area contributed by atoms with Crippen LogP contribution in [0.2, 0.25) is 10.2 Å². The smallest absolute Gasteiger partial charge is 0.260 e. The molecule has 0 spiro atoms. The largest absolute Gasteiger partial charge is 0.320 e. The molecule has 3 rings (SSSR count). The van der Waals surface area contributed by atoms with Gasteiger partial charge in [0.05, 0.1) is 28.5 Å². The highest BCUT2D eigenvalue weighted by Crippen LogP contribution is 2.26. The average Bonchev–Trinajstić information content (AvgIpc) is 2.86. The summed E-state index contributed by atoms with van der Waals surface area (Å²) in [6, 6.07) is 13.6. The summed E-state index contributed by atoms with van der Waals surface area (Å²) in [5.74, 6) is -0.326. The molecule has 0 aliphatic carbocycles. The fraction of sp³-hybridized carbons (Fsp3) is 0.200. The van der Waals surface area contributed by atoms with Crippen LogP contribution in [0.3, 0.4) is 0 Å². The van der Waals surface area contributed by atoms with E-state index in [9.17, 15) is 4.79 Å². The van der Waals surface area contributed by atoms with Gasteiger partial charge in [-0.25, -0.2) is 4.68 Å². The van der Waals surface area contributed by atoms with E-state index in [4.69, 9.17) is 23.2 Å². The van der Waals surface area contributed by atoms with E-state index in [0.29, 0.717) is 33.7 Å². The summed E-state index contributed by atoms with van der Waals surface area (Å²) in [6.45, 7) is 6.24. The highest BCUT2D eigenvalue weighted by molar-refractivity contribution is 6.35. The van der Waals surface area contributed by atoms with Gasteiger partial charge in [0.25, 0.3) is 5.91 Å². The molecule has 1 aromatic heterocycles. The van der Waals surface area contributed by atoms with Gasteiger partial charge in [0, 0.05) is 0 Å². The lowest BCUT2D eigenvalue weighted by Crippen LogP contribution is -2.13. The maximum atomic E-state index is 12.7. The van der Waals surface area contributed by atoms with Gasteiger partial charge >= 0.3 is 0 Å². The van der Waals surface area contributed by atoms with Gasteiger partial charge in [-0.2, -0.15) is 5.10 Å². The number of anilines is 1. The zero-order valence-corrected chi connectivity index (χ0v) is 16.3. The predicted octanol–water partition coefficient (Wildman–Crippen LogP) is 5.42. The van der Waals surface area contributed by atoms with Gasteiger partial charge in [-0.1, -0.05) is 59.1 Å². The minimum atomic E-state index is -0.326. The molecule has 1 heterocycles. The van der Waals surface area contributed by atoms with Crippen LogP contribution in [0.15, 0.2) is 42.5 Å². The van der Waals surface area contributed by atoms with Gasteiger partial charge < -0.3 is 5.32 Å². The summed E-state index contributed by atoms with van der Waals surface area (Å²) < 4.78 is 1.63. The second-order valence-corrected chi connectivity index (χ2v) is 7.10. The molecule has 1 amide bonds. The topological polar surface area (TPSA) is 46.9 Å². The molecule has 6 heteroatoms. The Morgan fingerprint density at radius 1 is 1.04 bits per heavy atom. The SMILES string of the molecule is Cc1ccc(Cn2nc(C)c(C(=O)Nc3ccc(C)cc3Cl)c2Cl)cc1. The van der Waals surface area contributed by atoms with E-state index in [2.05, 4.69) is 10.4 Å². The lowest BCUT2D eigenvalue weighted by atomic mass is 10.1. The molecule has 0 fully saturated rings. The molecule has 0 unspecified atom stereocenters. The van der Waals surface area contributed by atoms with Crippen molar-refractivity contribution in [3.05, 3.63) is 80.6 Å². The first-order valence-corrected chi connectivity index (χ1v) is 8.96. The number of amides is 1. The van der Waals surface area contributed by atoms with Crippen LogP contribution >= 0.6 is 23.2 Å². The lowest BCUT2D eigenvalue weighted by molar-refractivity contribution is 0.102. The van der Waals surface area contributed by atoms with Crippen molar-refractivity contribution in [2.45, 2.75) is 27.3 Å². The highest BCUT2D eigenvalue weighted by atomic mass is 35.5. The van der Waals surface area contributed by atoms with E-state index in [-0.39, 0.29) is 5.91 Å². The maximum absolute atomic E-state index is 12.7. The van der Waals surface area contributed by atoms with E-state index in [1.54, 1.807) is 23.7 Å². The third-order valence-electron chi connectivity index (χ3n) is 4.12. The average molecular weight is 388 g/mol. The number of halogens is 2. The van der Waals surface area contributed by atoms with Crippen molar-refractivity contribution in [3.63, 3.8) is 0 Å². The number of nitrogens with zero attached hydrogens (tertiary/aromatic N) is 2. The molecule has 0 saturated heterocycles. The minimum absolute atomic E-state index is 0.309. The first-order valence-electron chi connectivity index (χ1n) is 8.21. The fourth-order valence-corrected chi connectivity index (χ4v) is 3.29. The molecule has 2 aromatic carbocycles. The number of hydrogen-bond donors (Lipinski definition) is 1. The summed E-state index contributed by atoms with van der Waals surface area (Å²) in [4.78, 5) is 12.7. The zero-order valence-electron chi connectivity index (χ0n) is 14.8. The van der Waals surface area contributed by atoms with Crippen LogP contribution in [0.1, 0.15) is 32.7 Å². The van der Waals surface area contributed by atoms with Gasteiger partial charge in [0.1, 0.15) is 5.15 Å². The second-order valence-electron chi connectivity index (χ2n) is 6.33. The molecule has 26 heavy (non-hydrogen) atoms. The first-order chi connectivity index (χ1) is 12.3. The molecule has 0 atom stereocenters. The maximum Gasteiger partial charge on any atom is 0.260 e. The number of carbonyl (C=O) groups excluding carboxylic acids is 1. The Hall–Kier alpha value is -2.30. The Labute approximate surface area is 162 Å². The predicted molar refractivity (Wildman–Crippen MR) is 106 cm³/mol. The van der Waals surface area contributed by atoms with Crippen LogP contribution < -0.4 is 5.32 Å². The molecule has 0 aliphatic heterocycles. The van der Waals surface area contributed by atoms with E-state index >= 15 is 0 Å². The van der Waals surface area contributed by atoms with E-state index in [1.165, 1.54) is 5.56 Å². The molecule has 0 saturated carbocycles. The molecular formula is C20H19Cl2N3O. The Morgan fingerprint density at radius 3 is 2.35 bits per heavy atom. The normalized spacial score (nSPS) is 10.8. The number of aryl methyl sites for hydroxylation is 3. The van der Waals surface area contributed by atoms with Crippen LogP contribution in [0.4, 0.5) is 5.69 Å². The summed E-state index contributed by atoms with van der Waals surface area (Å²) in [7, 11) is 0. The van der Waals surface area contributed by atoms with Gasteiger partial charge in [-0.3, -0.25) is 4.79 Å². The Balaban J connectivity index is 1.84. The monoisotopic (exact) mass is 387 g/mol. The lowest BCUT2D eigenvalue weighted by Gasteiger charge is -2.08. The van der Waals surface area contributed by atoms with Crippen LogP contribution in [0.25, 0.3) is 0 Å². The van der Waals surface area contributed by atoms with Gasteiger partial charge in [-0.05, 0) is 44.0 Å². The van der Waals surface area contributed by atoms with E-state index in [0.717, 1.165) is 11.1 Å². The number of hydrogen-bond acceptors (Lipinski definition) is 2. The third-order valence-corrected chi connectivity index (χ3v) is 4.82. The summed E-state index contributed by atoms with van der Waals surface area (Å²) in [5.41, 5.74) is 4.75. The Morgan fingerprint density at radius 2 is 1.69 bits per heavy atom. The van der Waals surface area contributed by atoms with Crippen molar-refractivity contribution in [1.29, 1.82) is 0 Å². The van der Waals surface area contributed by atoms with Gasteiger partial charge in [-0.15, -0.1) is 0 Å². The molecule has 0 aliphatic rings. The molecular weight excluding hydrogens is 369 g/mol. The third kappa shape index (κ3) is 3.92.